The lowest BCUT2D eigenvalue weighted by molar-refractivity contribution is -0.00936. The summed E-state index contributed by atoms with van der Waals surface area (Å²) in [5, 5.41) is 2.13. The average Bonchev–Trinajstić information content (AvgIpc) is 2.38. The van der Waals surface area contributed by atoms with Crippen LogP contribution in [-0.2, 0) is 6.42 Å². The molecule has 0 aliphatic rings. The van der Waals surface area contributed by atoms with Gasteiger partial charge in [-0.05, 0) is 22.8 Å². The van der Waals surface area contributed by atoms with E-state index in [2.05, 4.69) is 0 Å². The van der Waals surface area contributed by atoms with Gasteiger partial charge in [0.1, 0.15) is 0 Å². The zero-order valence-electron chi connectivity index (χ0n) is 11.3. The van der Waals surface area contributed by atoms with Crippen LogP contribution in [-0.4, -0.2) is 5.92 Å². The van der Waals surface area contributed by atoms with Crippen LogP contribution in [0.25, 0.3) is 10.8 Å². The summed E-state index contributed by atoms with van der Waals surface area (Å²) in [6.07, 6.45) is 2.31. The standard InChI is InChI=1S/C17H20F2/c1-2-3-6-11-17(18,19)13-14-9-10-15-7-4-5-8-16(15)12-14/h4-5,7-10,12H,2-3,6,11,13H2,1H3. The van der Waals surface area contributed by atoms with E-state index in [9.17, 15) is 8.78 Å². The van der Waals surface area contributed by atoms with E-state index < -0.39 is 5.92 Å². The van der Waals surface area contributed by atoms with Crippen molar-refractivity contribution in [3.8, 4) is 0 Å². The second kappa shape index (κ2) is 6.14. The summed E-state index contributed by atoms with van der Waals surface area (Å²) in [4.78, 5) is 0. The number of halogens is 2. The molecule has 2 rings (SSSR count). The van der Waals surface area contributed by atoms with E-state index in [1.807, 2.05) is 49.4 Å². The minimum atomic E-state index is -2.59. The highest BCUT2D eigenvalue weighted by atomic mass is 19.3. The first-order chi connectivity index (χ1) is 9.11. The van der Waals surface area contributed by atoms with Gasteiger partial charge in [0.25, 0.3) is 5.92 Å². The molecule has 0 unspecified atom stereocenters. The quantitative estimate of drug-likeness (QED) is 0.594. The predicted octanol–water partition coefficient (Wildman–Crippen LogP) is 5.60. The van der Waals surface area contributed by atoms with E-state index in [0.717, 1.165) is 29.2 Å². The zero-order chi connectivity index (χ0) is 13.7. The maximum Gasteiger partial charge on any atom is 0.252 e. The third-order valence-corrected chi connectivity index (χ3v) is 3.42. The third-order valence-electron chi connectivity index (χ3n) is 3.42. The summed E-state index contributed by atoms with van der Waals surface area (Å²) in [5.74, 6) is -2.59. The molecule has 2 aromatic carbocycles. The molecule has 0 nitrogen and oxygen atoms in total. The monoisotopic (exact) mass is 262 g/mol. The predicted molar refractivity (Wildman–Crippen MR) is 76.7 cm³/mol. The number of unbranched alkanes of at least 4 members (excludes halogenated alkanes) is 2. The Morgan fingerprint density at radius 2 is 1.68 bits per heavy atom. The fourth-order valence-corrected chi connectivity index (χ4v) is 2.37. The summed E-state index contributed by atoms with van der Waals surface area (Å²) >= 11 is 0. The van der Waals surface area contributed by atoms with Crippen molar-refractivity contribution in [3.63, 3.8) is 0 Å². The number of hydrogen-bond acceptors (Lipinski definition) is 0. The molecule has 0 fully saturated rings. The molecule has 0 atom stereocenters. The van der Waals surface area contributed by atoms with Gasteiger partial charge in [0.05, 0.1) is 0 Å². The number of hydrogen-bond donors (Lipinski definition) is 0. The largest absolute Gasteiger partial charge is 0.252 e. The van der Waals surface area contributed by atoms with Crippen molar-refractivity contribution in [3.05, 3.63) is 48.0 Å². The molecular formula is C17H20F2. The number of rotatable bonds is 6. The first-order valence-electron chi connectivity index (χ1n) is 6.96. The highest BCUT2D eigenvalue weighted by molar-refractivity contribution is 5.82. The molecule has 0 bridgehead atoms. The second-order valence-electron chi connectivity index (χ2n) is 5.17. The van der Waals surface area contributed by atoms with Crippen LogP contribution in [0, 0.1) is 0 Å². The van der Waals surface area contributed by atoms with Crippen LogP contribution in [0.5, 0.6) is 0 Å². The van der Waals surface area contributed by atoms with Crippen LogP contribution in [0.1, 0.15) is 38.2 Å². The average molecular weight is 262 g/mol. The van der Waals surface area contributed by atoms with Crippen molar-refractivity contribution in [2.75, 3.05) is 0 Å². The lowest BCUT2D eigenvalue weighted by Gasteiger charge is -2.16. The van der Waals surface area contributed by atoms with Gasteiger partial charge in [0, 0.05) is 12.8 Å². The van der Waals surface area contributed by atoms with Crippen molar-refractivity contribution in [1.82, 2.24) is 0 Å². The van der Waals surface area contributed by atoms with Gasteiger partial charge >= 0.3 is 0 Å². The molecular weight excluding hydrogens is 242 g/mol. The minimum absolute atomic E-state index is 0.00628. The van der Waals surface area contributed by atoms with Crippen molar-refractivity contribution >= 4 is 10.8 Å². The van der Waals surface area contributed by atoms with E-state index in [-0.39, 0.29) is 12.8 Å². The van der Waals surface area contributed by atoms with Gasteiger partial charge in [-0.3, -0.25) is 0 Å². The Labute approximate surface area is 113 Å². The molecule has 0 saturated heterocycles. The molecule has 0 spiro atoms. The molecule has 0 amide bonds. The number of fused-ring (bicyclic) bond motifs is 1. The van der Waals surface area contributed by atoms with E-state index in [0.29, 0.717) is 6.42 Å². The van der Waals surface area contributed by atoms with Crippen LogP contribution in [0.4, 0.5) is 8.78 Å². The maximum atomic E-state index is 13.8. The van der Waals surface area contributed by atoms with E-state index in [1.54, 1.807) is 0 Å². The van der Waals surface area contributed by atoms with Gasteiger partial charge in [-0.25, -0.2) is 8.78 Å². The summed E-state index contributed by atoms with van der Waals surface area (Å²) < 4.78 is 27.7. The second-order valence-corrected chi connectivity index (χ2v) is 5.17. The SMILES string of the molecule is CCCCCC(F)(F)Cc1ccc2ccccc2c1. The molecule has 0 aromatic heterocycles. The van der Waals surface area contributed by atoms with Crippen molar-refractivity contribution in [1.29, 1.82) is 0 Å². The lowest BCUT2D eigenvalue weighted by Crippen LogP contribution is -2.19. The molecule has 2 aromatic rings. The van der Waals surface area contributed by atoms with E-state index in [4.69, 9.17) is 0 Å². The van der Waals surface area contributed by atoms with Gasteiger partial charge < -0.3 is 0 Å². The van der Waals surface area contributed by atoms with E-state index >= 15 is 0 Å². The zero-order valence-corrected chi connectivity index (χ0v) is 11.3. The molecule has 0 N–H and O–H groups in total. The normalized spacial score (nSPS) is 11.9. The smallest absolute Gasteiger partial charge is 0.207 e. The Hall–Kier alpha value is -1.44. The Bertz CT molecular complexity index is 532. The molecule has 19 heavy (non-hydrogen) atoms. The van der Waals surface area contributed by atoms with Crippen LogP contribution < -0.4 is 0 Å². The Kier molecular flexibility index (Phi) is 4.52. The summed E-state index contributed by atoms with van der Waals surface area (Å²) in [7, 11) is 0. The topological polar surface area (TPSA) is 0 Å². The molecule has 2 heteroatoms. The van der Waals surface area contributed by atoms with Crippen LogP contribution >= 0.6 is 0 Å². The Morgan fingerprint density at radius 1 is 0.947 bits per heavy atom. The lowest BCUT2D eigenvalue weighted by atomic mass is 9.99. The van der Waals surface area contributed by atoms with Crippen LogP contribution in [0.2, 0.25) is 0 Å². The highest BCUT2D eigenvalue weighted by Crippen LogP contribution is 2.27. The molecule has 0 heterocycles. The van der Waals surface area contributed by atoms with Crippen molar-refractivity contribution < 1.29 is 8.78 Å². The van der Waals surface area contributed by atoms with E-state index in [1.165, 1.54) is 0 Å². The first kappa shape index (κ1) is 14.0. The third kappa shape index (κ3) is 4.02. The molecule has 0 saturated carbocycles. The highest BCUT2D eigenvalue weighted by Gasteiger charge is 2.28. The van der Waals surface area contributed by atoms with Crippen LogP contribution in [0.15, 0.2) is 42.5 Å². The molecule has 0 aliphatic carbocycles. The molecule has 0 radical (unpaired) electrons. The molecule has 102 valence electrons. The fraction of sp³-hybridized carbons (Fsp3) is 0.412. The van der Waals surface area contributed by atoms with Gasteiger partial charge in [-0.15, -0.1) is 0 Å². The first-order valence-corrected chi connectivity index (χ1v) is 6.96. The Morgan fingerprint density at radius 3 is 2.42 bits per heavy atom. The fourth-order valence-electron chi connectivity index (χ4n) is 2.37. The van der Waals surface area contributed by atoms with Gasteiger partial charge in [0.2, 0.25) is 0 Å². The number of benzene rings is 2. The van der Waals surface area contributed by atoms with Gasteiger partial charge in [-0.1, -0.05) is 62.2 Å². The summed E-state index contributed by atoms with van der Waals surface area (Å²) in [5.41, 5.74) is 0.722. The number of alkyl halides is 2. The maximum absolute atomic E-state index is 13.8. The summed E-state index contributed by atoms with van der Waals surface area (Å²) in [6.45, 7) is 2.03. The van der Waals surface area contributed by atoms with Crippen LogP contribution in [0.3, 0.4) is 0 Å². The molecule has 0 aliphatic heterocycles. The van der Waals surface area contributed by atoms with Crippen molar-refractivity contribution in [2.24, 2.45) is 0 Å². The van der Waals surface area contributed by atoms with Gasteiger partial charge in [-0.2, -0.15) is 0 Å². The van der Waals surface area contributed by atoms with Crippen molar-refractivity contribution in [2.45, 2.75) is 45.0 Å². The summed E-state index contributed by atoms with van der Waals surface area (Å²) in [6, 6.07) is 13.5. The van der Waals surface area contributed by atoms with Gasteiger partial charge in [0.15, 0.2) is 0 Å². The Balaban J connectivity index is 2.07. The minimum Gasteiger partial charge on any atom is -0.207 e.